The Morgan fingerprint density at radius 2 is 1.59 bits per heavy atom. The maximum absolute atomic E-state index is 12.3. The molecule has 0 radical (unpaired) electrons. The van der Waals surface area contributed by atoms with E-state index in [4.69, 9.17) is 9.47 Å². The number of hydrogen-bond acceptors (Lipinski definition) is 5. The van der Waals surface area contributed by atoms with Crippen molar-refractivity contribution >= 4 is 17.7 Å². The standard InChI is InChI=1S/C21H23NO5/c1-2-26-20(24)9-6-14-22-19(23)15-27-18-12-10-17(11-13-18)21(25)16-7-4-3-5-8-16/h3-5,7-8,10-13H,2,6,9,14-15H2,1H3,(H,22,23). The van der Waals surface area contributed by atoms with E-state index in [1.54, 1.807) is 43.3 Å². The highest BCUT2D eigenvalue weighted by atomic mass is 16.5. The largest absolute Gasteiger partial charge is 0.484 e. The number of ketones is 1. The second-order valence-electron chi connectivity index (χ2n) is 5.77. The van der Waals surface area contributed by atoms with Gasteiger partial charge in [-0.05, 0) is 37.6 Å². The van der Waals surface area contributed by atoms with Crippen LogP contribution < -0.4 is 10.1 Å². The van der Waals surface area contributed by atoms with Crippen LogP contribution in [0.2, 0.25) is 0 Å². The Labute approximate surface area is 158 Å². The maximum Gasteiger partial charge on any atom is 0.305 e. The molecule has 142 valence electrons. The van der Waals surface area contributed by atoms with E-state index >= 15 is 0 Å². The molecule has 6 heteroatoms. The third-order valence-corrected chi connectivity index (χ3v) is 3.71. The molecule has 27 heavy (non-hydrogen) atoms. The molecule has 0 saturated carbocycles. The number of carbonyl (C=O) groups is 3. The van der Waals surface area contributed by atoms with Gasteiger partial charge >= 0.3 is 5.97 Å². The third kappa shape index (κ3) is 6.93. The van der Waals surface area contributed by atoms with Crippen molar-refractivity contribution in [3.8, 4) is 5.75 Å². The van der Waals surface area contributed by atoms with Gasteiger partial charge in [0.1, 0.15) is 5.75 Å². The fourth-order valence-corrected chi connectivity index (χ4v) is 2.35. The molecule has 6 nitrogen and oxygen atoms in total. The van der Waals surface area contributed by atoms with Gasteiger partial charge in [0, 0.05) is 24.1 Å². The minimum atomic E-state index is -0.275. The van der Waals surface area contributed by atoms with Crippen molar-refractivity contribution in [2.24, 2.45) is 0 Å². The Hall–Kier alpha value is -3.15. The van der Waals surface area contributed by atoms with E-state index in [0.717, 1.165) is 0 Å². The van der Waals surface area contributed by atoms with Crippen LogP contribution in [0.25, 0.3) is 0 Å². The lowest BCUT2D eigenvalue weighted by Gasteiger charge is -2.08. The number of esters is 1. The fourth-order valence-electron chi connectivity index (χ4n) is 2.35. The van der Waals surface area contributed by atoms with E-state index in [9.17, 15) is 14.4 Å². The van der Waals surface area contributed by atoms with Crippen LogP contribution in [0.3, 0.4) is 0 Å². The van der Waals surface area contributed by atoms with Crippen LogP contribution >= 0.6 is 0 Å². The number of amides is 1. The second kappa shape index (κ2) is 10.8. The first kappa shape index (κ1) is 20.2. The van der Waals surface area contributed by atoms with Gasteiger partial charge in [0.25, 0.3) is 5.91 Å². The van der Waals surface area contributed by atoms with Crippen LogP contribution in [0.4, 0.5) is 0 Å². The molecule has 0 bridgehead atoms. The zero-order chi connectivity index (χ0) is 19.5. The number of rotatable bonds is 10. The molecule has 0 aromatic heterocycles. The highest BCUT2D eigenvalue weighted by Gasteiger charge is 2.09. The van der Waals surface area contributed by atoms with Gasteiger partial charge in [0.05, 0.1) is 6.61 Å². The molecule has 0 spiro atoms. The topological polar surface area (TPSA) is 81.7 Å². The van der Waals surface area contributed by atoms with Crippen LogP contribution in [0.5, 0.6) is 5.75 Å². The summed E-state index contributed by atoms with van der Waals surface area (Å²) in [5.41, 5.74) is 1.17. The lowest BCUT2D eigenvalue weighted by molar-refractivity contribution is -0.143. The quantitative estimate of drug-likeness (QED) is 0.396. The average molecular weight is 369 g/mol. The van der Waals surface area contributed by atoms with Gasteiger partial charge in [0.2, 0.25) is 0 Å². The van der Waals surface area contributed by atoms with Crippen molar-refractivity contribution in [2.45, 2.75) is 19.8 Å². The molecular weight excluding hydrogens is 346 g/mol. The van der Waals surface area contributed by atoms with Gasteiger partial charge in [-0.15, -0.1) is 0 Å². The van der Waals surface area contributed by atoms with Crippen molar-refractivity contribution in [1.29, 1.82) is 0 Å². The molecule has 0 fully saturated rings. The molecule has 2 aromatic rings. The Morgan fingerprint density at radius 1 is 0.926 bits per heavy atom. The molecular formula is C21H23NO5. The second-order valence-corrected chi connectivity index (χ2v) is 5.77. The van der Waals surface area contributed by atoms with Gasteiger partial charge < -0.3 is 14.8 Å². The number of benzene rings is 2. The highest BCUT2D eigenvalue weighted by Crippen LogP contribution is 2.15. The Kier molecular flexibility index (Phi) is 8.03. The molecule has 2 aromatic carbocycles. The lowest BCUT2D eigenvalue weighted by Crippen LogP contribution is -2.30. The zero-order valence-corrected chi connectivity index (χ0v) is 15.3. The fraction of sp³-hybridized carbons (Fsp3) is 0.286. The number of carbonyl (C=O) groups excluding carboxylic acids is 3. The van der Waals surface area contributed by atoms with E-state index in [2.05, 4.69) is 5.32 Å². The summed E-state index contributed by atoms with van der Waals surface area (Å²) >= 11 is 0. The first-order valence-corrected chi connectivity index (χ1v) is 8.85. The van der Waals surface area contributed by atoms with E-state index in [-0.39, 0.29) is 30.7 Å². The van der Waals surface area contributed by atoms with Gasteiger partial charge in [0.15, 0.2) is 12.4 Å². The van der Waals surface area contributed by atoms with E-state index < -0.39 is 0 Å². The Morgan fingerprint density at radius 3 is 2.26 bits per heavy atom. The first-order valence-electron chi connectivity index (χ1n) is 8.85. The summed E-state index contributed by atoms with van der Waals surface area (Å²) in [5, 5.41) is 2.68. The molecule has 0 atom stereocenters. The summed E-state index contributed by atoms with van der Waals surface area (Å²) in [4.78, 5) is 35.2. The van der Waals surface area contributed by atoms with Gasteiger partial charge in [-0.25, -0.2) is 0 Å². The third-order valence-electron chi connectivity index (χ3n) is 3.71. The van der Waals surface area contributed by atoms with Crippen LogP contribution in [0, 0.1) is 0 Å². The van der Waals surface area contributed by atoms with Gasteiger partial charge in [-0.3, -0.25) is 14.4 Å². The summed E-state index contributed by atoms with van der Waals surface area (Å²) in [5.74, 6) is -0.112. The van der Waals surface area contributed by atoms with E-state index in [0.29, 0.717) is 36.4 Å². The molecule has 1 amide bonds. The number of nitrogens with one attached hydrogen (secondary N) is 1. The summed E-state index contributed by atoms with van der Waals surface area (Å²) in [6.07, 6.45) is 0.784. The lowest BCUT2D eigenvalue weighted by atomic mass is 10.0. The molecule has 0 aliphatic heterocycles. The van der Waals surface area contributed by atoms with Gasteiger partial charge in [-0.2, -0.15) is 0 Å². The SMILES string of the molecule is CCOC(=O)CCCNC(=O)COc1ccc(C(=O)c2ccccc2)cc1. The molecule has 0 aliphatic rings. The van der Waals surface area contributed by atoms with E-state index in [1.807, 2.05) is 18.2 Å². The minimum Gasteiger partial charge on any atom is -0.484 e. The van der Waals surface area contributed by atoms with Crippen molar-refractivity contribution in [1.82, 2.24) is 5.32 Å². The normalized spacial score (nSPS) is 10.1. The molecule has 0 saturated heterocycles. The van der Waals surface area contributed by atoms with Crippen LogP contribution in [-0.2, 0) is 14.3 Å². The molecule has 0 aliphatic carbocycles. The Balaban J connectivity index is 1.72. The van der Waals surface area contributed by atoms with E-state index in [1.165, 1.54) is 0 Å². The Bertz CT molecular complexity index is 756. The molecule has 1 N–H and O–H groups in total. The average Bonchev–Trinajstić information content (AvgIpc) is 2.70. The predicted molar refractivity (Wildman–Crippen MR) is 101 cm³/mol. The first-order chi connectivity index (χ1) is 13.1. The monoisotopic (exact) mass is 369 g/mol. The van der Waals surface area contributed by atoms with Crippen LogP contribution in [0.15, 0.2) is 54.6 Å². The maximum atomic E-state index is 12.3. The number of hydrogen-bond donors (Lipinski definition) is 1. The highest BCUT2D eigenvalue weighted by molar-refractivity contribution is 6.08. The van der Waals surface area contributed by atoms with Gasteiger partial charge in [-0.1, -0.05) is 30.3 Å². The van der Waals surface area contributed by atoms with Crippen LogP contribution in [0.1, 0.15) is 35.7 Å². The smallest absolute Gasteiger partial charge is 0.305 e. The van der Waals surface area contributed by atoms with Crippen molar-refractivity contribution in [2.75, 3.05) is 19.8 Å². The summed E-state index contributed by atoms with van der Waals surface area (Å²) in [6, 6.07) is 15.7. The van der Waals surface area contributed by atoms with Crippen molar-refractivity contribution in [3.63, 3.8) is 0 Å². The predicted octanol–water partition coefficient (Wildman–Crippen LogP) is 2.76. The molecule has 0 unspecified atom stereocenters. The molecule has 2 rings (SSSR count). The number of ether oxygens (including phenoxy) is 2. The summed E-state index contributed by atoms with van der Waals surface area (Å²) < 4.78 is 10.2. The summed E-state index contributed by atoms with van der Waals surface area (Å²) in [7, 11) is 0. The van der Waals surface area contributed by atoms with Crippen LogP contribution in [-0.4, -0.2) is 37.4 Å². The summed E-state index contributed by atoms with van der Waals surface area (Å²) in [6.45, 7) is 2.35. The van der Waals surface area contributed by atoms with Crippen molar-refractivity contribution in [3.05, 3.63) is 65.7 Å². The zero-order valence-electron chi connectivity index (χ0n) is 15.3. The molecule has 0 heterocycles. The minimum absolute atomic E-state index is 0.0681. The van der Waals surface area contributed by atoms with Crippen molar-refractivity contribution < 1.29 is 23.9 Å².